The first-order valence-electron chi connectivity index (χ1n) is 8.08. The summed E-state index contributed by atoms with van der Waals surface area (Å²) in [7, 11) is 0. The maximum absolute atomic E-state index is 12.3. The van der Waals surface area contributed by atoms with Crippen molar-refractivity contribution in [2.75, 3.05) is 26.2 Å². The van der Waals surface area contributed by atoms with Crippen molar-refractivity contribution in [3.8, 4) is 0 Å². The van der Waals surface area contributed by atoms with E-state index >= 15 is 0 Å². The van der Waals surface area contributed by atoms with Crippen molar-refractivity contribution in [1.82, 2.24) is 10.2 Å². The maximum Gasteiger partial charge on any atom is 0.314 e. The highest BCUT2D eigenvalue weighted by Gasteiger charge is 2.24. The number of urea groups is 1. The number of morpholine rings is 1. The van der Waals surface area contributed by atoms with Gasteiger partial charge in [-0.3, -0.25) is 4.79 Å². The lowest BCUT2D eigenvalue weighted by molar-refractivity contribution is -0.0110. The lowest BCUT2D eigenvalue weighted by atomic mass is 9.90. The molecule has 2 atom stereocenters. The Hall–Kier alpha value is -1.60. The highest BCUT2D eigenvalue weighted by atomic mass is 32.1. The Bertz CT molecular complexity index is 601. The molecule has 0 radical (unpaired) electrons. The Morgan fingerprint density at radius 1 is 1.52 bits per heavy atom. The van der Waals surface area contributed by atoms with Crippen molar-refractivity contribution in [1.29, 1.82) is 0 Å². The lowest BCUT2D eigenvalue weighted by Crippen LogP contribution is -2.51. The quantitative estimate of drug-likeness (QED) is 0.874. The Kier molecular flexibility index (Phi) is 4.87. The first-order valence-corrected chi connectivity index (χ1v) is 8.90. The number of nitrogens with two attached hydrogens (primary N) is 1. The molecule has 1 fully saturated rings. The summed E-state index contributed by atoms with van der Waals surface area (Å²) in [5.74, 6) is 0.639. The molecule has 3 rings (SSSR count). The molecule has 1 aromatic heterocycles. The third kappa shape index (κ3) is 3.84. The molecule has 1 aliphatic carbocycles. The van der Waals surface area contributed by atoms with Gasteiger partial charge in [-0.2, -0.15) is 0 Å². The van der Waals surface area contributed by atoms with Gasteiger partial charge in [0.1, 0.15) is 0 Å². The molecular weight excluding hydrogens is 314 g/mol. The number of amides is 3. The lowest BCUT2D eigenvalue weighted by Gasteiger charge is -2.31. The summed E-state index contributed by atoms with van der Waals surface area (Å²) < 4.78 is 5.58. The molecule has 1 aliphatic heterocycles. The fourth-order valence-electron chi connectivity index (χ4n) is 3.15. The fraction of sp³-hybridized carbons (Fsp3) is 0.625. The zero-order valence-electron chi connectivity index (χ0n) is 13.3. The minimum Gasteiger partial charge on any atom is -0.373 e. The monoisotopic (exact) mass is 337 g/mol. The van der Waals surface area contributed by atoms with Crippen LogP contribution in [0.25, 0.3) is 0 Å². The van der Waals surface area contributed by atoms with Gasteiger partial charge in [0.05, 0.1) is 24.1 Å². The van der Waals surface area contributed by atoms with Gasteiger partial charge in [0.15, 0.2) is 0 Å². The normalized spacial score (nSPS) is 24.1. The Labute approximate surface area is 140 Å². The minimum absolute atomic E-state index is 0.0585. The van der Waals surface area contributed by atoms with Crippen LogP contribution in [-0.4, -0.2) is 49.2 Å². The number of aryl methyl sites for hydroxylation is 1. The molecule has 2 heterocycles. The van der Waals surface area contributed by atoms with Gasteiger partial charge in [0.25, 0.3) is 5.91 Å². The van der Waals surface area contributed by atoms with Gasteiger partial charge < -0.3 is 20.7 Å². The molecule has 0 saturated carbocycles. The Balaban J connectivity index is 1.54. The maximum atomic E-state index is 12.3. The van der Waals surface area contributed by atoms with E-state index in [0.29, 0.717) is 32.2 Å². The number of hydrogen-bond acceptors (Lipinski definition) is 4. The van der Waals surface area contributed by atoms with Gasteiger partial charge >= 0.3 is 6.03 Å². The van der Waals surface area contributed by atoms with Crippen LogP contribution >= 0.6 is 11.3 Å². The number of rotatable bonds is 3. The largest absolute Gasteiger partial charge is 0.373 e. The molecule has 1 aromatic rings. The summed E-state index contributed by atoms with van der Waals surface area (Å²) in [6.45, 7) is 4.03. The number of primary amides is 1. The summed E-state index contributed by atoms with van der Waals surface area (Å²) in [5, 5.41) is 2.92. The van der Waals surface area contributed by atoms with E-state index in [1.807, 2.05) is 6.07 Å². The first kappa shape index (κ1) is 16.3. The zero-order chi connectivity index (χ0) is 16.4. The van der Waals surface area contributed by atoms with E-state index in [-0.39, 0.29) is 12.0 Å². The van der Waals surface area contributed by atoms with Crippen LogP contribution in [0.4, 0.5) is 4.79 Å². The molecule has 0 spiro atoms. The van der Waals surface area contributed by atoms with E-state index in [1.165, 1.54) is 16.9 Å². The van der Waals surface area contributed by atoms with Crippen LogP contribution in [0, 0.1) is 5.92 Å². The van der Waals surface area contributed by atoms with Crippen molar-refractivity contribution in [3.63, 3.8) is 0 Å². The molecule has 23 heavy (non-hydrogen) atoms. The van der Waals surface area contributed by atoms with Gasteiger partial charge in [0.2, 0.25) is 0 Å². The van der Waals surface area contributed by atoms with Crippen LogP contribution in [0.1, 0.15) is 33.5 Å². The second-order valence-corrected chi connectivity index (χ2v) is 7.53. The summed E-state index contributed by atoms with van der Waals surface area (Å²) in [4.78, 5) is 27.2. The van der Waals surface area contributed by atoms with Gasteiger partial charge in [-0.1, -0.05) is 6.92 Å². The molecule has 1 saturated heterocycles. The highest BCUT2D eigenvalue weighted by Crippen LogP contribution is 2.32. The third-order valence-electron chi connectivity index (χ3n) is 4.49. The van der Waals surface area contributed by atoms with E-state index in [9.17, 15) is 9.59 Å². The van der Waals surface area contributed by atoms with Crippen molar-refractivity contribution >= 4 is 23.3 Å². The third-order valence-corrected chi connectivity index (χ3v) is 5.73. The van der Waals surface area contributed by atoms with E-state index in [4.69, 9.17) is 10.5 Å². The van der Waals surface area contributed by atoms with Crippen LogP contribution in [0.15, 0.2) is 6.07 Å². The molecule has 2 aliphatic rings. The molecule has 0 bridgehead atoms. The SMILES string of the molecule is CC1CCc2sc(C(=O)NCC3CN(C(N)=O)CCO3)cc2C1. The molecule has 3 amide bonds. The van der Waals surface area contributed by atoms with Crippen molar-refractivity contribution < 1.29 is 14.3 Å². The highest BCUT2D eigenvalue weighted by molar-refractivity contribution is 7.14. The second kappa shape index (κ2) is 6.88. The molecule has 2 unspecified atom stereocenters. The molecular formula is C16H23N3O3S. The standard InChI is InChI=1S/C16H23N3O3S/c1-10-2-3-13-11(6-10)7-14(23-13)15(20)18-8-12-9-19(16(17)21)4-5-22-12/h7,10,12H,2-6,8-9H2,1H3,(H2,17,21)(H,18,20). The molecule has 3 N–H and O–H groups in total. The van der Waals surface area contributed by atoms with Gasteiger partial charge in [-0.15, -0.1) is 11.3 Å². The summed E-state index contributed by atoms with van der Waals surface area (Å²) >= 11 is 1.60. The predicted octanol–water partition coefficient (Wildman–Crippen LogP) is 1.38. The number of nitrogens with zero attached hydrogens (tertiary/aromatic N) is 1. The van der Waals surface area contributed by atoms with Crippen LogP contribution in [0.2, 0.25) is 0 Å². The van der Waals surface area contributed by atoms with Crippen molar-refractivity contribution in [2.24, 2.45) is 11.7 Å². The summed E-state index contributed by atoms with van der Waals surface area (Å²) in [6.07, 6.45) is 3.15. The predicted molar refractivity (Wildman–Crippen MR) is 88.7 cm³/mol. The number of fused-ring (bicyclic) bond motifs is 1. The van der Waals surface area contributed by atoms with Gasteiger partial charge in [-0.05, 0) is 36.8 Å². The molecule has 0 aromatic carbocycles. The van der Waals surface area contributed by atoms with E-state index < -0.39 is 6.03 Å². The molecule has 126 valence electrons. The average Bonchev–Trinajstić information content (AvgIpc) is 2.96. The Morgan fingerprint density at radius 3 is 3.13 bits per heavy atom. The van der Waals surface area contributed by atoms with Crippen LogP contribution < -0.4 is 11.1 Å². The van der Waals surface area contributed by atoms with E-state index in [2.05, 4.69) is 12.2 Å². The molecule has 6 nitrogen and oxygen atoms in total. The Morgan fingerprint density at radius 2 is 2.35 bits per heavy atom. The topological polar surface area (TPSA) is 84.7 Å². The van der Waals surface area contributed by atoms with Crippen LogP contribution in [0.3, 0.4) is 0 Å². The van der Waals surface area contributed by atoms with Crippen molar-refractivity contribution in [2.45, 2.75) is 32.3 Å². The van der Waals surface area contributed by atoms with Crippen molar-refractivity contribution in [3.05, 3.63) is 21.4 Å². The second-order valence-electron chi connectivity index (χ2n) is 6.39. The zero-order valence-corrected chi connectivity index (χ0v) is 14.2. The molecule has 7 heteroatoms. The van der Waals surface area contributed by atoms with E-state index in [1.54, 1.807) is 16.2 Å². The number of carbonyl (C=O) groups is 2. The smallest absolute Gasteiger partial charge is 0.314 e. The minimum atomic E-state index is -0.440. The number of thiophene rings is 1. The fourth-order valence-corrected chi connectivity index (χ4v) is 4.28. The van der Waals surface area contributed by atoms with E-state index in [0.717, 1.165) is 17.7 Å². The number of nitrogens with one attached hydrogen (secondary N) is 1. The van der Waals surface area contributed by atoms with Gasteiger partial charge in [-0.25, -0.2) is 4.79 Å². The van der Waals surface area contributed by atoms with Crippen LogP contribution in [-0.2, 0) is 17.6 Å². The number of ether oxygens (including phenoxy) is 1. The summed E-state index contributed by atoms with van der Waals surface area (Å²) in [5.41, 5.74) is 6.62. The first-order chi connectivity index (χ1) is 11.0. The van der Waals surface area contributed by atoms with Gasteiger partial charge in [0, 0.05) is 18.0 Å². The number of hydrogen-bond donors (Lipinski definition) is 2. The van der Waals surface area contributed by atoms with Crippen LogP contribution in [0.5, 0.6) is 0 Å². The average molecular weight is 337 g/mol. The summed E-state index contributed by atoms with van der Waals surface area (Å²) in [6, 6.07) is 1.59. The number of carbonyl (C=O) groups excluding carboxylic acids is 2.